The average Bonchev–Trinajstić information content (AvgIpc) is 3.16. The van der Waals surface area contributed by atoms with Gasteiger partial charge < -0.3 is 10.6 Å². The summed E-state index contributed by atoms with van der Waals surface area (Å²) in [5.74, 6) is -0.614. The molecule has 2 aliphatic rings. The second kappa shape index (κ2) is 7.41. The van der Waals surface area contributed by atoms with E-state index in [-0.39, 0.29) is 17.7 Å². The molecule has 7 heteroatoms. The zero-order valence-corrected chi connectivity index (χ0v) is 16.5. The minimum atomic E-state index is -4.42. The Morgan fingerprint density at radius 2 is 1.87 bits per heavy atom. The van der Waals surface area contributed by atoms with Gasteiger partial charge in [0.15, 0.2) is 0 Å². The highest BCUT2D eigenvalue weighted by Gasteiger charge is 2.46. The Bertz CT molecular complexity index is 1130. The van der Waals surface area contributed by atoms with Crippen molar-refractivity contribution in [2.45, 2.75) is 31.1 Å². The smallest absolute Gasteiger partial charge is 0.373 e. The highest BCUT2D eigenvalue weighted by Crippen LogP contribution is 2.50. The predicted octanol–water partition coefficient (Wildman–Crippen LogP) is 4.52. The number of alkyl halides is 3. The minimum Gasteiger partial charge on any atom is -0.373 e. The largest absolute Gasteiger partial charge is 0.416 e. The van der Waals surface area contributed by atoms with Crippen LogP contribution in [0.15, 0.2) is 66.9 Å². The van der Waals surface area contributed by atoms with Gasteiger partial charge >= 0.3 is 6.18 Å². The summed E-state index contributed by atoms with van der Waals surface area (Å²) in [5.41, 5.74) is 3.31. The zero-order chi connectivity index (χ0) is 21.6. The van der Waals surface area contributed by atoms with Gasteiger partial charge in [-0.05, 0) is 53.4 Å². The first kappa shape index (κ1) is 19.6. The molecule has 0 radical (unpaired) electrons. The maximum atomic E-state index is 13.4. The first-order valence-corrected chi connectivity index (χ1v) is 10.1. The van der Waals surface area contributed by atoms with Crippen molar-refractivity contribution in [1.29, 1.82) is 0 Å². The van der Waals surface area contributed by atoms with E-state index in [0.717, 1.165) is 22.9 Å². The van der Waals surface area contributed by atoms with Crippen LogP contribution in [-0.2, 0) is 23.9 Å². The number of aromatic nitrogens is 1. The molecule has 31 heavy (non-hydrogen) atoms. The molecule has 3 aromatic rings. The number of rotatable bonds is 3. The molecule has 0 spiro atoms. The number of nitrogens with one attached hydrogen (secondary N) is 2. The Hall–Kier alpha value is -3.35. The van der Waals surface area contributed by atoms with Gasteiger partial charge in [0.05, 0.1) is 17.8 Å². The average molecular weight is 423 g/mol. The van der Waals surface area contributed by atoms with Gasteiger partial charge in [0.25, 0.3) is 0 Å². The first-order valence-electron chi connectivity index (χ1n) is 10.1. The number of hydrogen-bond acceptors (Lipinski definition) is 3. The van der Waals surface area contributed by atoms with Crippen LogP contribution in [0.25, 0.3) is 0 Å². The maximum absolute atomic E-state index is 13.4. The molecule has 0 bridgehead atoms. The molecule has 1 aliphatic heterocycles. The van der Waals surface area contributed by atoms with Crippen molar-refractivity contribution in [3.8, 4) is 0 Å². The number of hydrogen-bond donors (Lipinski definition) is 2. The normalized spacial score (nSPS) is 21.5. The van der Waals surface area contributed by atoms with E-state index in [0.29, 0.717) is 24.2 Å². The number of carbonyl (C=O) groups excluding carboxylic acids is 1. The van der Waals surface area contributed by atoms with Crippen molar-refractivity contribution in [2.24, 2.45) is 5.92 Å². The van der Waals surface area contributed by atoms with Crippen LogP contribution in [0.1, 0.15) is 33.9 Å². The van der Waals surface area contributed by atoms with Gasteiger partial charge in [-0.3, -0.25) is 9.78 Å². The second-order valence-electron chi connectivity index (χ2n) is 8.01. The Balaban J connectivity index is 1.50. The van der Waals surface area contributed by atoms with E-state index in [1.165, 1.54) is 12.1 Å². The second-order valence-corrected chi connectivity index (χ2v) is 8.01. The summed E-state index contributed by atoms with van der Waals surface area (Å²) in [6.45, 7) is 0.294. The molecule has 0 fully saturated rings. The number of nitrogens with zero attached hydrogens (tertiary/aromatic N) is 1. The Morgan fingerprint density at radius 3 is 2.65 bits per heavy atom. The summed E-state index contributed by atoms with van der Waals surface area (Å²) < 4.78 is 40.1. The third kappa shape index (κ3) is 3.54. The maximum Gasteiger partial charge on any atom is 0.416 e. The van der Waals surface area contributed by atoms with Crippen molar-refractivity contribution in [3.63, 3.8) is 0 Å². The summed E-state index contributed by atoms with van der Waals surface area (Å²) in [4.78, 5) is 17.3. The molecular weight excluding hydrogens is 403 g/mol. The van der Waals surface area contributed by atoms with Crippen molar-refractivity contribution in [2.75, 3.05) is 5.32 Å². The molecule has 0 saturated carbocycles. The molecule has 1 aromatic heterocycles. The molecule has 4 nitrogen and oxygen atoms in total. The van der Waals surface area contributed by atoms with E-state index in [4.69, 9.17) is 0 Å². The van der Waals surface area contributed by atoms with Gasteiger partial charge in [-0.25, -0.2) is 0 Å². The molecular formula is C24H20F3N3O. The van der Waals surface area contributed by atoms with Crippen LogP contribution < -0.4 is 10.6 Å². The molecule has 0 saturated heterocycles. The lowest BCUT2D eigenvalue weighted by atomic mass is 9.77. The monoisotopic (exact) mass is 423 g/mol. The van der Waals surface area contributed by atoms with Crippen LogP contribution in [0, 0.1) is 5.92 Å². The Labute approximate surface area is 177 Å². The molecule has 1 amide bonds. The molecule has 3 unspecified atom stereocenters. The van der Waals surface area contributed by atoms with Crippen LogP contribution in [0.2, 0.25) is 0 Å². The number of fused-ring (bicyclic) bond motifs is 5. The SMILES string of the molecule is O=C(NCc1ccccn1)C1Nc2ccc(C(F)(F)F)cc2C2c3ccccc3CC12. The first-order chi connectivity index (χ1) is 14.9. The summed E-state index contributed by atoms with van der Waals surface area (Å²) in [6, 6.07) is 16.4. The highest BCUT2D eigenvalue weighted by atomic mass is 19.4. The van der Waals surface area contributed by atoms with Crippen LogP contribution >= 0.6 is 0 Å². The van der Waals surface area contributed by atoms with Gasteiger partial charge in [-0.15, -0.1) is 0 Å². The number of pyridine rings is 1. The predicted molar refractivity (Wildman–Crippen MR) is 110 cm³/mol. The zero-order valence-electron chi connectivity index (χ0n) is 16.5. The van der Waals surface area contributed by atoms with E-state index in [2.05, 4.69) is 15.6 Å². The highest BCUT2D eigenvalue weighted by molar-refractivity contribution is 5.87. The van der Waals surface area contributed by atoms with Gasteiger partial charge in [-0.1, -0.05) is 30.3 Å². The molecule has 1 aliphatic carbocycles. The van der Waals surface area contributed by atoms with Crippen LogP contribution in [0.4, 0.5) is 18.9 Å². The number of halogens is 3. The van der Waals surface area contributed by atoms with Gasteiger partial charge in [0.1, 0.15) is 6.04 Å². The van der Waals surface area contributed by atoms with E-state index in [1.54, 1.807) is 12.3 Å². The van der Waals surface area contributed by atoms with Crippen molar-refractivity contribution < 1.29 is 18.0 Å². The summed E-state index contributed by atoms with van der Waals surface area (Å²) in [5, 5.41) is 6.15. The molecule has 2 N–H and O–H groups in total. The lowest BCUT2D eigenvalue weighted by Gasteiger charge is -2.37. The number of anilines is 1. The fraction of sp³-hybridized carbons (Fsp3) is 0.250. The quantitative estimate of drug-likeness (QED) is 0.652. The van der Waals surface area contributed by atoms with Crippen LogP contribution in [-0.4, -0.2) is 16.9 Å². The molecule has 158 valence electrons. The molecule has 3 atom stereocenters. The number of amides is 1. The van der Waals surface area contributed by atoms with E-state index in [9.17, 15) is 18.0 Å². The minimum absolute atomic E-state index is 0.169. The van der Waals surface area contributed by atoms with Crippen molar-refractivity contribution in [3.05, 3.63) is 94.8 Å². The van der Waals surface area contributed by atoms with Crippen LogP contribution in [0.5, 0.6) is 0 Å². The topological polar surface area (TPSA) is 54.0 Å². The number of carbonyl (C=O) groups is 1. The lowest BCUT2D eigenvalue weighted by molar-refractivity contribution is -0.137. The fourth-order valence-electron chi connectivity index (χ4n) is 4.79. The summed E-state index contributed by atoms with van der Waals surface area (Å²) in [7, 11) is 0. The third-order valence-electron chi connectivity index (χ3n) is 6.18. The molecule has 2 heterocycles. The summed E-state index contributed by atoms with van der Waals surface area (Å²) >= 11 is 0. The van der Waals surface area contributed by atoms with Crippen molar-refractivity contribution in [1.82, 2.24) is 10.3 Å². The van der Waals surface area contributed by atoms with Crippen LogP contribution in [0.3, 0.4) is 0 Å². The number of benzene rings is 2. The van der Waals surface area contributed by atoms with Crippen molar-refractivity contribution >= 4 is 11.6 Å². The summed E-state index contributed by atoms with van der Waals surface area (Å²) in [6.07, 6.45) is -2.12. The van der Waals surface area contributed by atoms with E-state index in [1.807, 2.05) is 36.4 Å². The van der Waals surface area contributed by atoms with Gasteiger partial charge in [-0.2, -0.15) is 13.2 Å². The molecule has 5 rings (SSSR count). The lowest BCUT2D eigenvalue weighted by Crippen LogP contribution is -2.48. The Morgan fingerprint density at radius 1 is 1.06 bits per heavy atom. The van der Waals surface area contributed by atoms with E-state index >= 15 is 0 Å². The standard InChI is InChI=1S/C24H20F3N3O/c25-24(26,27)15-8-9-20-18(12-15)21-17-7-2-1-5-14(17)11-19(21)22(30-20)23(31)29-13-16-6-3-4-10-28-16/h1-10,12,19,21-22,30H,11,13H2,(H,29,31). The van der Waals surface area contributed by atoms with Gasteiger partial charge in [0.2, 0.25) is 5.91 Å². The van der Waals surface area contributed by atoms with Gasteiger partial charge in [0, 0.05) is 23.7 Å². The third-order valence-corrected chi connectivity index (χ3v) is 6.18. The van der Waals surface area contributed by atoms with E-state index < -0.39 is 17.8 Å². The Kier molecular flexibility index (Phi) is 4.68. The molecule has 2 aromatic carbocycles. The fourth-order valence-corrected chi connectivity index (χ4v) is 4.79.